The van der Waals surface area contributed by atoms with Crippen molar-refractivity contribution in [2.45, 2.75) is 19.1 Å². The zero-order chi connectivity index (χ0) is 15.0. The van der Waals surface area contributed by atoms with Gasteiger partial charge in [-0.1, -0.05) is 0 Å². The van der Waals surface area contributed by atoms with Crippen molar-refractivity contribution in [3.8, 4) is 0 Å². The van der Waals surface area contributed by atoms with Crippen LogP contribution in [0.2, 0.25) is 0 Å². The van der Waals surface area contributed by atoms with Crippen molar-refractivity contribution in [1.82, 2.24) is 14.3 Å². The number of rotatable bonds is 2. The van der Waals surface area contributed by atoms with Crippen LogP contribution in [0.1, 0.15) is 17.3 Å². The second-order valence-corrected chi connectivity index (χ2v) is 5.87. The highest BCUT2D eigenvalue weighted by Crippen LogP contribution is 2.14. The number of amides is 1. The van der Waals surface area contributed by atoms with Crippen molar-refractivity contribution in [3.63, 3.8) is 0 Å². The van der Waals surface area contributed by atoms with E-state index in [1.165, 1.54) is 26.8 Å². The molecular weight excluding hydrogens is 294 g/mol. The first kappa shape index (κ1) is 14.2. The number of nitrogens with zero attached hydrogens (tertiary/aromatic N) is 3. The van der Waals surface area contributed by atoms with E-state index in [4.69, 9.17) is 4.74 Å². The molecule has 1 aliphatic heterocycles. The topological polar surface area (TPSA) is 84.1 Å². The molecule has 8 heteroatoms. The molecule has 0 radical (unpaired) electrons. The third-order valence-electron chi connectivity index (χ3n) is 3.39. The molecule has 1 N–H and O–H groups in total. The van der Waals surface area contributed by atoms with Gasteiger partial charge in [-0.2, -0.15) is 0 Å². The lowest BCUT2D eigenvalue weighted by atomic mass is 10.2. The molecule has 1 amide bonds. The second-order valence-electron chi connectivity index (χ2n) is 4.99. The molecule has 1 fully saturated rings. The molecule has 3 heterocycles. The van der Waals surface area contributed by atoms with Gasteiger partial charge in [0.05, 0.1) is 18.8 Å². The molecule has 0 aromatic carbocycles. The number of aliphatic hydroxyl groups excluding tert-OH is 1. The highest BCUT2D eigenvalue weighted by molar-refractivity contribution is 7.15. The fraction of sp³-hybridized carbons (Fsp3) is 0.462. The molecule has 0 spiro atoms. The minimum absolute atomic E-state index is 0.0386. The lowest BCUT2D eigenvalue weighted by molar-refractivity contribution is -0.0859. The van der Waals surface area contributed by atoms with Gasteiger partial charge >= 0.3 is 0 Å². The molecule has 2 aromatic heterocycles. The molecule has 2 unspecified atom stereocenters. The van der Waals surface area contributed by atoms with E-state index >= 15 is 0 Å². The summed E-state index contributed by atoms with van der Waals surface area (Å²) in [5, 5.41) is 11.0. The largest absolute Gasteiger partial charge is 0.394 e. The first-order valence-corrected chi connectivity index (χ1v) is 7.48. The molecule has 112 valence electrons. The number of hydrogen-bond donors (Lipinski definition) is 1. The quantitative estimate of drug-likeness (QED) is 0.843. The second kappa shape index (κ2) is 5.55. The van der Waals surface area contributed by atoms with E-state index in [9.17, 15) is 14.7 Å². The van der Waals surface area contributed by atoms with E-state index in [1.54, 1.807) is 11.6 Å². The standard InChI is InChI=1S/C13H15N3O4S/c1-8-5-15(6-9(7-17)20-8)11(18)10-4-14-13-16(12(10)19)2-3-21-13/h2-4,8-9,17H,5-7H2,1H3. The molecule has 0 saturated carbocycles. The first-order valence-electron chi connectivity index (χ1n) is 6.60. The Morgan fingerprint density at radius 3 is 3.14 bits per heavy atom. The number of thiazole rings is 1. The average molecular weight is 309 g/mol. The van der Waals surface area contributed by atoms with Crippen molar-refractivity contribution in [1.29, 1.82) is 0 Å². The maximum Gasteiger partial charge on any atom is 0.271 e. The SMILES string of the molecule is CC1CN(C(=O)c2cnc3sccn3c2=O)CC(CO)O1. The molecule has 1 aliphatic rings. The molecule has 3 rings (SSSR count). The number of carbonyl (C=O) groups excluding carboxylic acids is 1. The summed E-state index contributed by atoms with van der Waals surface area (Å²) in [5.41, 5.74) is -0.331. The average Bonchev–Trinajstić information content (AvgIpc) is 2.95. The monoisotopic (exact) mass is 309 g/mol. The van der Waals surface area contributed by atoms with Gasteiger partial charge in [0.1, 0.15) is 5.56 Å². The maximum absolute atomic E-state index is 12.5. The Morgan fingerprint density at radius 1 is 1.57 bits per heavy atom. The molecule has 2 atom stereocenters. The van der Waals surface area contributed by atoms with Crippen LogP contribution in [0.15, 0.2) is 22.6 Å². The Balaban J connectivity index is 1.92. The van der Waals surface area contributed by atoms with Crippen LogP contribution in [-0.2, 0) is 4.74 Å². The van der Waals surface area contributed by atoms with Crippen LogP contribution < -0.4 is 5.56 Å². The lowest BCUT2D eigenvalue weighted by Crippen LogP contribution is -2.51. The minimum atomic E-state index is -0.418. The van der Waals surface area contributed by atoms with Crippen LogP contribution in [0.4, 0.5) is 0 Å². The number of hydrogen-bond acceptors (Lipinski definition) is 6. The third-order valence-corrected chi connectivity index (χ3v) is 4.16. The summed E-state index contributed by atoms with van der Waals surface area (Å²) in [6.45, 7) is 2.33. The van der Waals surface area contributed by atoms with Crippen LogP contribution in [0, 0.1) is 0 Å². The van der Waals surface area contributed by atoms with Gasteiger partial charge in [0.2, 0.25) is 0 Å². The van der Waals surface area contributed by atoms with Crippen LogP contribution in [-0.4, -0.2) is 57.2 Å². The van der Waals surface area contributed by atoms with Crippen molar-refractivity contribution in [2.24, 2.45) is 0 Å². The number of aromatic nitrogens is 2. The van der Waals surface area contributed by atoms with E-state index in [2.05, 4.69) is 4.98 Å². The van der Waals surface area contributed by atoms with Crippen molar-refractivity contribution in [3.05, 3.63) is 33.7 Å². The van der Waals surface area contributed by atoms with Crippen LogP contribution in [0.25, 0.3) is 4.96 Å². The van der Waals surface area contributed by atoms with Gasteiger partial charge in [0.25, 0.3) is 11.5 Å². The number of fused-ring (bicyclic) bond motifs is 1. The summed E-state index contributed by atoms with van der Waals surface area (Å²) >= 11 is 1.34. The zero-order valence-corrected chi connectivity index (χ0v) is 12.2. The van der Waals surface area contributed by atoms with E-state index < -0.39 is 6.10 Å². The molecule has 1 saturated heterocycles. The summed E-state index contributed by atoms with van der Waals surface area (Å²) in [4.78, 5) is 31.1. The first-order chi connectivity index (χ1) is 10.1. The molecule has 2 aromatic rings. The number of ether oxygens (including phenoxy) is 1. The number of morpholine rings is 1. The van der Waals surface area contributed by atoms with E-state index in [0.29, 0.717) is 11.5 Å². The van der Waals surface area contributed by atoms with Crippen LogP contribution >= 0.6 is 11.3 Å². The van der Waals surface area contributed by atoms with Crippen LogP contribution in [0.5, 0.6) is 0 Å². The summed E-state index contributed by atoms with van der Waals surface area (Å²) < 4.78 is 6.86. The van der Waals surface area contributed by atoms with Gasteiger partial charge < -0.3 is 14.7 Å². The molecule has 0 aliphatic carbocycles. The Kier molecular flexibility index (Phi) is 3.75. The van der Waals surface area contributed by atoms with Gasteiger partial charge in [-0.05, 0) is 6.92 Å². The lowest BCUT2D eigenvalue weighted by Gasteiger charge is -2.35. The van der Waals surface area contributed by atoms with Gasteiger partial charge in [-0.3, -0.25) is 14.0 Å². The smallest absolute Gasteiger partial charge is 0.271 e. The molecule has 7 nitrogen and oxygen atoms in total. The predicted molar refractivity (Wildman–Crippen MR) is 76.7 cm³/mol. The van der Waals surface area contributed by atoms with E-state index in [1.807, 2.05) is 6.92 Å². The number of carbonyl (C=O) groups is 1. The Labute approximate surface area is 124 Å². The highest BCUT2D eigenvalue weighted by atomic mass is 32.1. The van der Waals surface area contributed by atoms with Gasteiger partial charge in [0.15, 0.2) is 4.96 Å². The molecular formula is C13H15N3O4S. The van der Waals surface area contributed by atoms with Gasteiger partial charge in [-0.25, -0.2) is 4.98 Å². The third kappa shape index (κ3) is 2.57. The Morgan fingerprint density at radius 2 is 2.38 bits per heavy atom. The van der Waals surface area contributed by atoms with Crippen molar-refractivity contribution < 1.29 is 14.6 Å². The van der Waals surface area contributed by atoms with E-state index in [0.717, 1.165) is 0 Å². The fourth-order valence-corrected chi connectivity index (χ4v) is 3.13. The summed E-state index contributed by atoms with van der Waals surface area (Å²) in [7, 11) is 0. The molecule has 0 bridgehead atoms. The fourth-order valence-electron chi connectivity index (χ4n) is 2.45. The highest BCUT2D eigenvalue weighted by Gasteiger charge is 2.30. The van der Waals surface area contributed by atoms with Gasteiger partial charge in [-0.15, -0.1) is 11.3 Å². The van der Waals surface area contributed by atoms with Crippen molar-refractivity contribution in [2.75, 3.05) is 19.7 Å². The Hall–Kier alpha value is -1.77. The minimum Gasteiger partial charge on any atom is -0.394 e. The van der Waals surface area contributed by atoms with E-state index in [-0.39, 0.29) is 36.3 Å². The summed E-state index contributed by atoms with van der Waals surface area (Å²) in [6.07, 6.45) is 2.33. The Bertz CT molecular complexity index is 726. The zero-order valence-electron chi connectivity index (χ0n) is 11.4. The van der Waals surface area contributed by atoms with Crippen molar-refractivity contribution >= 4 is 22.2 Å². The summed E-state index contributed by atoms with van der Waals surface area (Å²) in [6, 6.07) is 0. The normalized spacial score (nSPS) is 22.7. The maximum atomic E-state index is 12.5. The predicted octanol–water partition coefficient (Wildman–Crippen LogP) is -0.0222. The van der Waals surface area contributed by atoms with Crippen LogP contribution in [0.3, 0.4) is 0 Å². The number of aliphatic hydroxyl groups is 1. The summed E-state index contributed by atoms with van der Waals surface area (Å²) in [5.74, 6) is -0.373. The molecule has 21 heavy (non-hydrogen) atoms. The van der Waals surface area contributed by atoms with Gasteiger partial charge in [0, 0.05) is 30.9 Å².